The number of hydrogen-bond acceptors (Lipinski definition) is 6. The molecular weight excluding hydrogens is 381 g/mol. The molecule has 2 aromatic rings. The van der Waals surface area contributed by atoms with Gasteiger partial charge in [-0.2, -0.15) is 0 Å². The Morgan fingerprint density at radius 1 is 1.21 bits per heavy atom. The number of benzene rings is 2. The molecule has 2 N–H and O–H groups in total. The van der Waals surface area contributed by atoms with E-state index in [2.05, 4.69) is 4.99 Å². The minimum absolute atomic E-state index is 0.0606. The normalized spacial score (nSPS) is 16.8. The van der Waals surface area contributed by atoms with Gasteiger partial charge in [0.1, 0.15) is 16.4 Å². The summed E-state index contributed by atoms with van der Waals surface area (Å²) in [5, 5.41) is 20.7. The van der Waals surface area contributed by atoms with Gasteiger partial charge in [-0.05, 0) is 38.1 Å². The molecular formula is C21H18FNO4S. The number of aliphatic imine (C=N–C) groups is 1. The van der Waals surface area contributed by atoms with E-state index < -0.39 is 17.5 Å². The molecule has 0 unspecified atom stereocenters. The molecule has 0 saturated heterocycles. The van der Waals surface area contributed by atoms with Crippen molar-refractivity contribution in [2.24, 2.45) is 4.99 Å². The Morgan fingerprint density at radius 3 is 2.61 bits per heavy atom. The first kappa shape index (κ1) is 19.7. The summed E-state index contributed by atoms with van der Waals surface area (Å²) >= 11 is 1.04. The van der Waals surface area contributed by atoms with Crippen LogP contribution in [0.2, 0.25) is 0 Å². The van der Waals surface area contributed by atoms with Crippen molar-refractivity contribution in [3.63, 3.8) is 0 Å². The smallest absolute Gasteiger partial charge is 0.344 e. The minimum Gasteiger partial charge on any atom is -0.506 e. The molecule has 1 aliphatic heterocycles. The van der Waals surface area contributed by atoms with E-state index in [0.29, 0.717) is 5.69 Å². The maximum absolute atomic E-state index is 13.6. The molecule has 0 aliphatic carbocycles. The maximum Gasteiger partial charge on any atom is 0.344 e. The van der Waals surface area contributed by atoms with Crippen LogP contribution in [0, 0.1) is 12.7 Å². The topological polar surface area (TPSA) is 79.1 Å². The molecule has 1 aliphatic rings. The van der Waals surface area contributed by atoms with Crippen molar-refractivity contribution in [1.29, 1.82) is 0 Å². The summed E-state index contributed by atoms with van der Waals surface area (Å²) in [5.74, 6) is -2.34. The quantitative estimate of drug-likeness (QED) is 0.705. The fourth-order valence-corrected chi connectivity index (χ4v) is 3.54. The van der Waals surface area contributed by atoms with Gasteiger partial charge in [-0.3, -0.25) is 0 Å². The number of carbonyl (C=O) groups excluding carboxylic acids is 1. The van der Waals surface area contributed by atoms with E-state index in [1.54, 1.807) is 19.1 Å². The Balaban J connectivity index is 2.07. The van der Waals surface area contributed by atoms with E-state index in [0.717, 1.165) is 23.4 Å². The maximum atomic E-state index is 13.6. The van der Waals surface area contributed by atoms with Crippen molar-refractivity contribution in [2.45, 2.75) is 13.8 Å². The lowest BCUT2D eigenvalue weighted by atomic mass is 10.1. The first-order valence-corrected chi connectivity index (χ1v) is 9.35. The Morgan fingerprint density at radius 2 is 1.93 bits per heavy atom. The molecule has 0 aromatic heterocycles. The first-order valence-electron chi connectivity index (χ1n) is 8.54. The molecule has 0 atom stereocenters. The molecule has 0 amide bonds. The summed E-state index contributed by atoms with van der Waals surface area (Å²) in [6, 6.07) is 11.4. The number of nitrogens with zero attached hydrogens (tertiary/aromatic N) is 1. The van der Waals surface area contributed by atoms with Crippen LogP contribution < -0.4 is 0 Å². The molecule has 3 rings (SSSR count). The van der Waals surface area contributed by atoms with Crippen molar-refractivity contribution < 1.29 is 24.1 Å². The van der Waals surface area contributed by atoms with Gasteiger partial charge in [0.05, 0.1) is 17.2 Å². The highest BCUT2D eigenvalue weighted by atomic mass is 32.2. The van der Waals surface area contributed by atoms with Crippen LogP contribution in [0.1, 0.15) is 18.1 Å². The third-order valence-corrected chi connectivity index (χ3v) is 4.96. The number of phenolic OH excluding ortho intramolecular Hbond substituents is 1. The van der Waals surface area contributed by atoms with Crippen molar-refractivity contribution in [3.05, 3.63) is 75.6 Å². The Kier molecular flexibility index (Phi) is 5.84. The summed E-state index contributed by atoms with van der Waals surface area (Å²) in [5.41, 5.74) is 1.79. The summed E-state index contributed by atoms with van der Waals surface area (Å²) in [6.45, 7) is 3.75. The van der Waals surface area contributed by atoms with E-state index in [9.17, 15) is 19.4 Å². The third kappa shape index (κ3) is 4.09. The molecule has 2 aromatic carbocycles. The van der Waals surface area contributed by atoms with Crippen LogP contribution in [0.25, 0.3) is 6.08 Å². The SMILES string of the molecule is CCOC(=O)C1=C(O)C(=Cc2cccc(F)c2O)SC1=Nc1ccc(C)cc1. The van der Waals surface area contributed by atoms with E-state index in [4.69, 9.17) is 4.74 Å². The summed E-state index contributed by atoms with van der Waals surface area (Å²) in [4.78, 5) is 17.1. The van der Waals surface area contributed by atoms with Gasteiger partial charge in [0, 0.05) is 5.56 Å². The van der Waals surface area contributed by atoms with E-state index >= 15 is 0 Å². The number of thioether (sulfide) groups is 1. The zero-order chi connectivity index (χ0) is 20.3. The van der Waals surface area contributed by atoms with Gasteiger partial charge < -0.3 is 14.9 Å². The zero-order valence-electron chi connectivity index (χ0n) is 15.3. The second-order valence-electron chi connectivity index (χ2n) is 5.98. The number of hydrogen-bond donors (Lipinski definition) is 2. The molecule has 0 bridgehead atoms. The van der Waals surface area contributed by atoms with Crippen LogP contribution in [-0.2, 0) is 9.53 Å². The van der Waals surface area contributed by atoms with Gasteiger partial charge in [0.25, 0.3) is 0 Å². The van der Waals surface area contributed by atoms with Gasteiger partial charge in [0.15, 0.2) is 11.6 Å². The van der Waals surface area contributed by atoms with Crippen LogP contribution in [0.5, 0.6) is 5.75 Å². The fourth-order valence-electron chi connectivity index (χ4n) is 2.52. The highest BCUT2D eigenvalue weighted by Gasteiger charge is 2.33. The monoisotopic (exact) mass is 399 g/mol. The van der Waals surface area contributed by atoms with Crippen LogP contribution in [0.15, 0.2) is 63.7 Å². The van der Waals surface area contributed by atoms with Crippen LogP contribution >= 0.6 is 11.8 Å². The lowest BCUT2D eigenvalue weighted by Crippen LogP contribution is -2.12. The highest BCUT2D eigenvalue weighted by molar-refractivity contribution is 8.18. The predicted octanol–water partition coefficient (Wildman–Crippen LogP) is 5.03. The lowest BCUT2D eigenvalue weighted by molar-refractivity contribution is -0.138. The summed E-state index contributed by atoms with van der Waals surface area (Å²) < 4.78 is 18.6. The third-order valence-electron chi connectivity index (χ3n) is 3.94. The second-order valence-corrected chi connectivity index (χ2v) is 7.02. The van der Waals surface area contributed by atoms with Crippen molar-refractivity contribution in [1.82, 2.24) is 0 Å². The number of aryl methyl sites for hydroxylation is 1. The molecule has 0 spiro atoms. The number of carbonyl (C=O) groups is 1. The Bertz CT molecular complexity index is 1010. The van der Waals surface area contributed by atoms with Crippen LogP contribution in [0.4, 0.5) is 10.1 Å². The number of para-hydroxylation sites is 1. The standard InChI is InChI=1S/C21H18FNO4S/c1-3-27-21(26)17-19(25)16(11-13-5-4-6-15(22)18(13)24)28-20(17)23-14-9-7-12(2)8-10-14/h4-11,24-25H,3H2,1-2H3. The minimum atomic E-state index is -0.778. The van der Waals surface area contributed by atoms with Crippen LogP contribution in [0.3, 0.4) is 0 Å². The molecule has 0 saturated carbocycles. The van der Waals surface area contributed by atoms with Crippen molar-refractivity contribution >= 4 is 34.5 Å². The summed E-state index contributed by atoms with van der Waals surface area (Å²) in [6.07, 6.45) is 1.40. The van der Waals surface area contributed by atoms with E-state index in [-0.39, 0.29) is 33.5 Å². The van der Waals surface area contributed by atoms with Gasteiger partial charge in [-0.25, -0.2) is 14.2 Å². The number of aliphatic hydroxyl groups excluding tert-OH is 1. The lowest BCUT2D eigenvalue weighted by Gasteiger charge is -2.04. The Hall–Kier alpha value is -3.06. The predicted molar refractivity (Wildman–Crippen MR) is 108 cm³/mol. The molecule has 7 heteroatoms. The number of ether oxygens (including phenoxy) is 1. The number of rotatable bonds is 4. The number of aliphatic hydroxyl groups is 1. The number of aromatic hydroxyl groups is 1. The van der Waals surface area contributed by atoms with Crippen molar-refractivity contribution in [2.75, 3.05) is 6.61 Å². The number of esters is 1. The molecule has 1 heterocycles. The molecule has 5 nitrogen and oxygen atoms in total. The zero-order valence-corrected chi connectivity index (χ0v) is 16.1. The molecule has 144 valence electrons. The molecule has 28 heavy (non-hydrogen) atoms. The van der Waals surface area contributed by atoms with E-state index in [1.165, 1.54) is 18.2 Å². The van der Waals surface area contributed by atoms with Gasteiger partial charge in [-0.15, -0.1) is 0 Å². The Labute approximate surface area is 165 Å². The first-order chi connectivity index (χ1) is 13.4. The van der Waals surface area contributed by atoms with Crippen molar-refractivity contribution in [3.8, 4) is 5.75 Å². The molecule has 0 radical (unpaired) electrons. The van der Waals surface area contributed by atoms with Crippen LogP contribution in [-0.4, -0.2) is 27.8 Å². The van der Waals surface area contributed by atoms with E-state index in [1.807, 2.05) is 19.1 Å². The highest BCUT2D eigenvalue weighted by Crippen LogP contribution is 2.41. The average molecular weight is 399 g/mol. The van der Waals surface area contributed by atoms with Gasteiger partial charge >= 0.3 is 5.97 Å². The fraction of sp³-hybridized carbons (Fsp3) is 0.143. The average Bonchev–Trinajstić information content (AvgIpc) is 2.96. The molecule has 0 fully saturated rings. The van der Waals surface area contributed by atoms with Gasteiger partial charge in [-0.1, -0.05) is 41.6 Å². The number of halogens is 1. The summed E-state index contributed by atoms with van der Waals surface area (Å²) in [7, 11) is 0. The largest absolute Gasteiger partial charge is 0.506 e. The number of phenols is 1. The second kappa shape index (κ2) is 8.31. The van der Waals surface area contributed by atoms with Gasteiger partial charge in [0.2, 0.25) is 0 Å².